The standard InChI is InChI=1S/C10H18O/c1-4-8(2)10-9(3)6-5-7-11-10/h8H,4-7H2,1-3H3. The minimum absolute atomic E-state index is 0.621. The molecule has 1 aliphatic rings. The molecule has 64 valence electrons. The second-order valence-electron chi connectivity index (χ2n) is 3.41. The van der Waals surface area contributed by atoms with Crippen molar-refractivity contribution in [2.45, 2.75) is 40.0 Å². The van der Waals surface area contributed by atoms with E-state index < -0.39 is 0 Å². The first-order valence-electron chi connectivity index (χ1n) is 4.58. The molecule has 1 rings (SSSR count). The van der Waals surface area contributed by atoms with Gasteiger partial charge in [0.25, 0.3) is 0 Å². The lowest BCUT2D eigenvalue weighted by atomic mass is 9.98. The van der Waals surface area contributed by atoms with Gasteiger partial charge in [-0.25, -0.2) is 0 Å². The highest BCUT2D eigenvalue weighted by Crippen LogP contribution is 2.26. The maximum Gasteiger partial charge on any atom is 0.0976 e. The van der Waals surface area contributed by atoms with Gasteiger partial charge in [0.15, 0.2) is 0 Å². The Morgan fingerprint density at radius 3 is 2.82 bits per heavy atom. The van der Waals surface area contributed by atoms with Crippen molar-refractivity contribution in [3.8, 4) is 0 Å². The molecule has 1 heteroatoms. The highest BCUT2D eigenvalue weighted by atomic mass is 16.5. The highest BCUT2D eigenvalue weighted by Gasteiger charge is 2.14. The Bertz CT molecular complexity index is 158. The molecule has 1 aliphatic heterocycles. The van der Waals surface area contributed by atoms with Crippen molar-refractivity contribution < 1.29 is 4.74 Å². The van der Waals surface area contributed by atoms with Gasteiger partial charge in [0, 0.05) is 5.92 Å². The number of rotatable bonds is 2. The molecular formula is C10H18O. The van der Waals surface area contributed by atoms with Gasteiger partial charge in [-0.3, -0.25) is 0 Å². The van der Waals surface area contributed by atoms with Crippen LogP contribution in [0.3, 0.4) is 0 Å². The zero-order valence-electron chi connectivity index (χ0n) is 7.81. The zero-order valence-corrected chi connectivity index (χ0v) is 7.81. The fourth-order valence-corrected chi connectivity index (χ4v) is 1.51. The summed E-state index contributed by atoms with van der Waals surface area (Å²) in [6, 6.07) is 0. The fourth-order valence-electron chi connectivity index (χ4n) is 1.51. The van der Waals surface area contributed by atoms with Crippen LogP contribution in [-0.4, -0.2) is 6.61 Å². The normalized spacial score (nSPS) is 21.4. The highest BCUT2D eigenvalue weighted by molar-refractivity contribution is 5.10. The van der Waals surface area contributed by atoms with E-state index in [9.17, 15) is 0 Å². The minimum atomic E-state index is 0.621. The van der Waals surface area contributed by atoms with Gasteiger partial charge in [0.1, 0.15) is 0 Å². The Labute approximate surface area is 69.4 Å². The SMILES string of the molecule is CCC(C)C1=C(C)CCCO1. The summed E-state index contributed by atoms with van der Waals surface area (Å²) in [5.41, 5.74) is 1.46. The first-order chi connectivity index (χ1) is 5.25. The molecule has 0 bridgehead atoms. The van der Waals surface area contributed by atoms with Crippen molar-refractivity contribution in [2.24, 2.45) is 5.92 Å². The average Bonchev–Trinajstić information content (AvgIpc) is 2.04. The Kier molecular flexibility index (Phi) is 2.98. The maximum absolute atomic E-state index is 5.62. The first-order valence-corrected chi connectivity index (χ1v) is 4.58. The van der Waals surface area contributed by atoms with E-state index in [1.54, 1.807) is 0 Å². The van der Waals surface area contributed by atoms with Crippen LogP contribution in [0.2, 0.25) is 0 Å². The topological polar surface area (TPSA) is 9.23 Å². The van der Waals surface area contributed by atoms with E-state index in [-0.39, 0.29) is 0 Å². The van der Waals surface area contributed by atoms with Crippen molar-refractivity contribution in [1.82, 2.24) is 0 Å². The van der Waals surface area contributed by atoms with Gasteiger partial charge in [0.2, 0.25) is 0 Å². The van der Waals surface area contributed by atoms with Crippen molar-refractivity contribution in [2.75, 3.05) is 6.61 Å². The first kappa shape index (κ1) is 8.63. The van der Waals surface area contributed by atoms with E-state index in [1.807, 2.05) is 0 Å². The molecule has 0 amide bonds. The molecule has 1 atom stereocenters. The molecule has 0 N–H and O–H groups in total. The van der Waals surface area contributed by atoms with Crippen LogP contribution in [-0.2, 0) is 4.74 Å². The minimum Gasteiger partial charge on any atom is -0.498 e. The summed E-state index contributed by atoms with van der Waals surface area (Å²) >= 11 is 0. The van der Waals surface area contributed by atoms with Crippen LogP contribution in [0, 0.1) is 5.92 Å². The number of hydrogen-bond acceptors (Lipinski definition) is 1. The van der Waals surface area contributed by atoms with Crippen molar-refractivity contribution >= 4 is 0 Å². The second-order valence-corrected chi connectivity index (χ2v) is 3.41. The van der Waals surface area contributed by atoms with Gasteiger partial charge < -0.3 is 4.74 Å². The summed E-state index contributed by atoms with van der Waals surface area (Å²) < 4.78 is 5.62. The molecular weight excluding hydrogens is 136 g/mol. The van der Waals surface area contributed by atoms with E-state index in [4.69, 9.17) is 4.74 Å². The molecule has 0 aromatic carbocycles. The van der Waals surface area contributed by atoms with E-state index in [0.29, 0.717) is 5.92 Å². The lowest BCUT2D eigenvalue weighted by Crippen LogP contribution is -2.11. The Balaban J connectivity index is 2.65. The molecule has 0 saturated carbocycles. The molecule has 0 radical (unpaired) electrons. The van der Waals surface area contributed by atoms with E-state index in [0.717, 1.165) is 6.61 Å². The van der Waals surface area contributed by atoms with Gasteiger partial charge >= 0.3 is 0 Å². The molecule has 0 fully saturated rings. The summed E-state index contributed by atoms with van der Waals surface area (Å²) in [6.45, 7) is 7.57. The van der Waals surface area contributed by atoms with Crippen LogP contribution in [0.25, 0.3) is 0 Å². The quantitative estimate of drug-likeness (QED) is 0.593. The van der Waals surface area contributed by atoms with Crippen molar-refractivity contribution in [3.63, 3.8) is 0 Å². The lowest BCUT2D eigenvalue weighted by molar-refractivity contribution is 0.156. The number of hydrogen-bond donors (Lipinski definition) is 0. The van der Waals surface area contributed by atoms with E-state index in [1.165, 1.54) is 30.6 Å². The van der Waals surface area contributed by atoms with Crippen LogP contribution >= 0.6 is 0 Å². The number of ether oxygens (including phenoxy) is 1. The third-order valence-corrected chi connectivity index (χ3v) is 2.43. The average molecular weight is 154 g/mol. The smallest absolute Gasteiger partial charge is 0.0976 e. The molecule has 11 heavy (non-hydrogen) atoms. The van der Waals surface area contributed by atoms with Gasteiger partial charge in [0.05, 0.1) is 12.4 Å². The monoisotopic (exact) mass is 154 g/mol. The predicted molar refractivity (Wildman–Crippen MR) is 47.3 cm³/mol. The molecule has 0 aliphatic carbocycles. The zero-order chi connectivity index (χ0) is 8.27. The largest absolute Gasteiger partial charge is 0.498 e. The molecule has 1 unspecified atom stereocenters. The Morgan fingerprint density at radius 1 is 1.55 bits per heavy atom. The summed E-state index contributed by atoms with van der Waals surface area (Å²) in [6.07, 6.45) is 3.62. The van der Waals surface area contributed by atoms with Crippen molar-refractivity contribution in [1.29, 1.82) is 0 Å². The maximum atomic E-state index is 5.62. The summed E-state index contributed by atoms with van der Waals surface area (Å²) in [4.78, 5) is 0. The van der Waals surface area contributed by atoms with Crippen LogP contribution in [0.15, 0.2) is 11.3 Å². The summed E-state index contributed by atoms with van der Waals surface area (Å²) in [5, 5.41) is 0. The molecule has 0 aromatic heterocycles. The number of allylic oxidation sites excluding steroid dienone is 2. The van der Waals surface area contributed by atoms with Crippen molar-refractivity contribution in [3.05, 3.63) is 11.3 Å². The molecule has 0 spiro atoms. The van der Waals surface area contributed by atoms with Crippen LogP contribution in [0.5, 0.6) is 0 Å². The third kappa shape index (κ3) is 1.98. The van der Waals surface area contributed by atoms with E-state index in [2.05, 4.69) is 20.8 Å². The van der Waals surface area contributed by atoms with Crippen LogP contribution < -0.4 is 0 Å². The van der Waals surface area contributed by atoms with Gasteiger partial charge in [-0.15, -0.1) is 0 Å². The van der Waals surface area contributed by atoms with Gasteiger partial charge in [-0.05, 0) is 31.8 Å². The predicted octanol–water partition coefficient (Wildman–Crippen LogP) is 3.12. The molecule has 1 heterocycles. The lowest BCUT2D eigenvalue weighted by Gasteiger charge is -2.23. The second kappa shape index (κ2) is 3.80. The van der Waals surface area contributed by atoms with Crippen LogP contribution in [0.1, 0.15) is 40.0 Å². The molecule has 0 saturated heterocycles. The summed E-state index contributed by atoms with van der Waals surface area (Å²) in [7, 11) is 0. The van der Waals surface area contributed by atoms with E-state index >= 15 is 0 Å². The molecule has 1 nitrogen and oxygen atoms in total. The third-order valence-electron chi connectivity index (χ3n) is 2.43. The Hall–Kier alpha value is -0.460. The fraction of sp³-hybridized carbons (Fsp3) is 0.800. The van der Waals surface area contributed by atoms with Gasteiger partial charge in [-0.1, -0.05) is 13.8 Å². The Morgan fingerprint density at radius 2 is 2.27 bits per heavy atom. The molecule has 0 aromatic rings. The van der Waals surface area contributed by atoms with Crippen LogP contribution in [0.4, 0.5) is 0 Å². The summed E-state index contributed by atoms with van der Waals surface area (Å²) in [5.74, 6) is 1.88. The van der Waals surface area contributed by atoms with Gasteiger partial charge in [-0.2, -0.15) is 0 Å².